The van der Waals surface area contributed by atoms with E-state index in [4.69, 9.17) is 0 Å². The summed E-state index contributed by atoms with van der Waals surface area (Å²) in [6.45, 7) is 2.23. The standard InChI is InChI=1S/C22H38O2/c1-2-3-4-5-6-10-13-16-19-22(24)20-17-14-11-8-7-9-12-15-18-21-23/h6-8,10,21H,2-5,9,11-20H2,1H3/b8-7-,10-6-. The molecular formula is C22H38O2. The fraction of sp³-hybridized carbons (Fsp3) is 0.727. The van der Waals surface area contributed by atoms with Gasteiger partial charge in [0.15, 0.2) is 0 Å². The molecule has 0 saturated heterocycles. The van der Waals surface area contributed by atoms with Gasteiger partial charge in [0.1, 0.15) is 12.1 Å². The summed E-state index contributed by atoms with van der Waals surface area (Å²) < 4.78 is 0. The van der Waals surface area contributed by atoms with Crippen molar-refractivity contribution in [3.8, 4) is 0 Å². The molecule has 0 aliphatic heterocycles. The lowest BCUT2D eigenvalue weighted by Crippen LogP contribution is -1.96. The molecule has 0 fully saturated rings. The lowest BCUT2D eigenvalue weighted by atomic mass is 10.1. The van der Waals surface area contributed by atoms with E-state index >= 15 is 0 Å². The molecule has 24 heavy (non-hydrogen) atoms. The normalized spacial score (nSPS) is 11.5. The Balaban J connectivity index is 3.31. The Bertz CT molecular complexity index is 342. The fourth-order valence-electron chi connectivity index (χ4n) is 2.60. The van der Waals surface area contributed by atoms with Gasteiger partial charge in [-0.25, -0.2) is 0 Å². The molecule has 0 heterocycles. The highest BCUT2D eigenvalue weighted by molar-refractivity contribution is 5.78. The lowest BCUT2D eigenvalue weighted by molar-refractivity contribution is -0.119. The van der Waals surface area contributed by atoms with Crippen molar-refractivity contribution in [2.45, 2.75) is 103 Å². The van der Waals surface area contributed by atoms with E-state index in [1.54, 1.807) is 0 Å². The minimum Gasteiger partial charge on any atom is -0.303 e. The van der Waals surface area contributed by atoms with Gasteiger partial charge in [-0.1, -0.05) is 44.1 Å². The number of rotatable bonds is 18. The van der Waals surface area contributed by atoms with E-state index in [9.17, 15) is 9.59 Å². The van der Waals surface area contributed by atoms with Gasteiger partial charge in [-0.15, -0.1) is 0 Å². The number of hydrogen-bond acceptors (Lipinski definition) is 2. The summed E-state index contributed by atoms with van der Waals surface area (Å²) in [5, 5.41) is 0. The van der Waals surface area contributed by atoms with Crippen molar-refractivity contribution >= 4 is 12.1 Å². The number of aldehydes is 1. The SMILES string of the molecule is CCCCC/C=C\CCCC(=O)CCCC/C=C\CCCCC=O. The summed E-state index contributed by atoms with van der Waals surface area (Å²) in [7, 11) is 0. The molecule has 2 nitrogen and oxygen atoms in total. The summed E-state index contributed by atoms with van der Waals surface area (Å²) in [6, 6.07) is 0. The van der Waals surface area contributed by atoms with E-state index in [1.165, 1.54) is 25.7 Å². The molecule has 0 N–H and O–H groups in total. The molecule has 0 aromatic rings. The first-order valence-corrected chi connectivity index (χ1v) is 10.1. The highest BCUT2D eigenvalue weighted by Crippen LogP contribution is 2.08. The molecule has 138 valence electrons. The first kappa shape index (κ1) is 22.8. The van der Waals surface area contributed by atoms with Crippen LogP contribution in [0.1, 0.15) is 103 Å². The molecule has 0 atom stereocenters. The van der Waals surface area contributed by atoms with Crippen LogP contribution in [-0.4, -0.2) is 12.1 Å². The minimum atomic E-state index is 0.423. The van der Waals surface area contributed by atoms with E-state index in [-0.39, 0.29) is 0 Å². The zero-order chi connectivity index (χ0) is 17.7. The van der Waals surface area contributed by atoms with Crippen LogP contribution in [0.15, 0.2) is 24.3 Å². The van der Waals surface area contributed by atoms with E-state index in [0.717, 1.165) is 70.5 Å². The number of carbonyl (C=O) groups is 2. The second-order valence-electron chi connectivity index (χ2n) is 6.57. The summed E-state index contributed by atoms with van der Waals surface area (Å²) in [5.41, 5.74) is 0. The molecule has 0 aromatic heterocycles. The van der Waals surface area contributed by atoms with Crippen LogP contribution in [0.5, 0.6) is 0 Å². The topological polar surface area (TPSA) is 34.1 Å². The van der Waals surface area contributed by atoms with Gasteiger partial charge < -0.3 is 4.79 Å². The molecule has 0 aromatic carbocycles. The Labute approximate surface area is 149 Å². The van der Waals surface area contributed by atoms with Crippen LogP contribution in [0, 0.1) is 0 Å². The van der Waals surface area contributed by atoms with Crippen molar-refractivity contribution in [1.29, 1.82) is 0 Å². The third-order valence-electron chi connectivity index (χ3n) is 4.15. The number of carbonyl (C=O) groups excluding carboxylic acids is 2. The molecule has 2 heteroatoms. The number of unbranched alkanes of at least 4 members (excludes halogenated alkanes) is 9. The van der Waals surface area contributed by atoms with E-state index < -0.39 is 0 Å². The minimum absolute atomic E-state index is 0.423. The number of allylic oxidation sites excluding steroid dienone is 4. The van der Waals surface area contributed by atoms with Crippen molar-refractivity contribution < 1.29 is 9.59 Å². The third-order valence-corrected chi connectivity index (χ3v) is 4.15. The van der Waals surface area contributed by atoms with Crippen LogP contribution >= 0.6 is 0 Å². The van der Waals surface area contributed by atoms with Crippen molar-refractivity contribution in [1.82, 2.24) is 0 Å². The van der Waals surface area contributed by atoms with E-state index in [0.29, 0.717) is 12.2 Å². The third kappa shape index (κ3) is 18.9. The summed E-state index contributed by atoms with van der Waals surface area (Å²) in [5.74, 6) is 0.423. The maximum atomic E-state index is 11.8. The summed E-state index contributed by atoms with van der Waals surface area (Å²) in [6.07, 6.45) is 25.6. The molecular weight excluding hydrogens is 296 g/mol. The van der Waals surface area contributed by atoms with Gasteiger partial charge in [-0.2, -0.15) is 0 Å². The number of Topliss-reactive ketones (excluding diaryl/α,β-unsaturated/α-hetero) is 1. The molecule has 0 bridgehead atoms. The first-order valence-electron chi connectivity index (χ1n) is 10.1. The molecule has 0 saturated carbocycles. The Morgan fingerprint density at radius 1 is 0.625 bits per heavy atom. The maximum absolute atomic E-state index is 11.8. The molecule has 0 rings (SSSR count). The second-order valence-corrected chi connectivity index (χ2v) is 6.57. The lowest BCUT2D eigenvalue weighted by Gasteiger charge is -1.99. The Hall–Kier alpha value is -1.18. The Kier molecular flexibility index (Phi) is 18.9. The maximum Gasteiger partial charge on any atom is 0.132 e. The van der Waals surface area contributed by atoms with Crippen LogP contribution in [0.2, 0.25) is 0 Å². The quantitative estimate of drug-likeness (QED) is 0.158. The molecule has 0 spiro atoms. The summed E-state index contributed by atoms with van der Waals surface area (Å²) >= 11 is 0. The van der Waals surface area contributed by atoms with Gasteiger partial charge in [0, 0.05) is 19.3 Å². The highest BCUT2D eigenvalue weighted by Gasteiger charge is 2.00. The van der Waals surface area contributed by atoms with Crippen molar-refractivity contribution in [3.63, 3.8) is 0 Å². The smallest absolute Gasteiger partial charge is 0.132 e. The molecule has 0 unspecified atom stereocenters. The van der Waals surface area contributed by atoms with Crippen molar-refractivity contribution in [3.05, 3.63) is 24.3 Å². The van der Waals surface area contributed by atoms with Gasteiger partial charge >= 0.3 is 0 Å². The largest absolute Gasteiger partial charge is 0.303 e. The van der Waals surface area contributed by atoms with Crippen molar-refractivity contribution in [2.24, 2.45) is 0 Å². The predicted octanol–water partition coefficient (Wildman–Crippen LogP) is 6.74. The Morgan fingerprint density at radius 3 is 1.67 bits per heavy atom. The van der Waals surface area contributed by atoms with Gasteiger partial charge in [0.25, 0.3) is 0 Å². The average molecular weight is 335 g/mol. The fourth-order valence-corrected chi connectivity index (χ4v) is 2.60. The van der Waals surface area contributed by atoms with Gasteiger partial charge in [0.05, 0.1) is 0 Å². The number of ketones is 1. The van der Waals surface area contributed by atoms with Crippen LogP contribution in [0.3, 0.4) is 0 Å². The van der Waals surface area contributed by atoms with E-state index in [2.05, 4.69) is 31.2 Å². The molecule has 0 radical (unpaired) electrons. The predicted molar refractivity (Wildman–Crippen MR) is 104 cm³/mol. The van der Waals surface area contributed by atoms with Crippen LogP contribution in [0.4, 0.5) is 0 Å². The van der Waals surface area contributed by atoms with E-state index in [1.807, 2.05) is 0 Å². The zero-order valence-electron chi connectivity index (χ0n) is 15.8. The van der Waals surface area contributed by atoms with Crippen LogP contribution < -0.4 is 0 Å². The molecule has 0 amide bonds. The average Bonchev–Trinajstić information content (AvgIpc) is 2.59. The Morgan fingerprint density at radius 2 is 1.08 bits per heavy atom. The zero-order valence-corrected chi connectivity index (χ0v) is 15.8. The van der Waals surface area contributed by atoms with Gasteiger partial charge in [0.2, 0.25) is 0 Å². The first-order chi connectivity index (χ1) is 11.8. The second kappa shape index (κ2) is 19.9. The van der Waals surface area contributed by atoms with Crippen LogP contribution in [-0.2, 0) is 9.59 Å². The summed E-state index contributed by atoms with van der Waals surface area (Å²) in [4.78, 5) is 21.9. The van der Waals surface area contributed by atoms with Gasteiger partial charge in [-0.3, -0.25) is 4.79 Å². The monoisotopic (exact) mass is 334 g/mol. The highest BCUT2D eigenvalue weighted by atomic mass is 16.1. The molecule has 0 aliphatic rings. The van der Waals surface area contributed by atoms with Crippen LogP contribution in [0.25, 0.3) is 0 Å². The number of hydrogen-bond donors (Lipinski definition) is 0. The molecule has 0 aliphatic carbocycles. The van der Waals surface area contributed by atoms with Gasteiger partial charge in [-0.05, 0) is 64.2 Å². The van der Waals surface area contributed by atoms with Crippen molar-refractivity contribution in [2.75, 3.05) is 0 Å².